The fraction of sp³-hybridized carbons (Fsp3) is 0.211. The number of halogens is 1. The molecular formula is C19H19ClN2O2. The molecule has 124 valence electrons. The van der Waals surface area contributed by atoms with Crippen LogP contribution in [-0.4, -0.2) is 22.5 Å². The maximum absolute atomic E-state index is 12.3. The Morgan fingerprint density at radius 2 is 2.04 bits per heavy atom. The van der Waals surface area contributed by atoms with Gasteiger partial charge in [-0.2, -0.15) is 0 Å². The minimum atomic E-state index is -0.170. The Labute approximate surface area is 145 Å². The third kappa shape index (κ3) is 3.45. The number of H-pyrrole nitrogens is 1. The van der Waals surface area contributed by atoms with Crippen molar-refractivity contribution in [3.8, 4) is 0 Å². The Morgan fingerprint density at radius 3 is 2.83 bits per heavy atom. The van der Waals surface area contributed by atoms with E-state index in [2.05, 4.69) is 10.3 Å². The minimum absolute atomic E-state index is 0.147. The van der Waals surface area contributed by atoms with Crippen molar-refractivity contribution in [1.29, 1.82) is 0 Å². The van der Waals surface area contributed by atoms with Gasteiger partial charge in [-0.1, -0.05) is 29.3 Å². The van der Waals surface area contributed by atoms with Crippen molar-refractivity contribution in [1.82, 2.24) is 10.3 Å². The number of benzene rings is 2. The molecule has 0 fully saturated rings. The summed E-state index contributed by atoms with van der Waals surface area (Å²) in [5.74, 6) is -0.170. The number of rotatable bonds is 5. The van der Waals surface area contributed by atoms with Crippen molar-refractivity contribution in [2.75, 3.05) is 6.54 Å². The van der Waals surface area contributed by atoms with Crippen LogP contribution in [0.5, 0.6) is 0 Å². The first-order valence-electron chi connectivity index (χ1n) is 7.82. The van der Waals surface area contributed by atoms with E-state index in [9.17, 15) is 9.90 Å². The fourth-order valence-corrected chi connectivity index (χ4v) is 3.01. The van der Waals surface area contributed by atoms with Crippen molar-refractivity contribution >= 4 is 28.4 Å². The van der Waals surface area contributed by atoms with Crippen molar-refractivity contribution in [3.63, 3.8) is 0 Å². The number of aliphatic hydroxyl groups is 1. The van der Waals surface area contributed by atoms with Gasteiger partial charge in [0.05, 0.1) is 6.61 Å². The molecule has 0 saturated heterocycles. The van der Waals surface area contributed by atoms with Crippen LogP contribution in [-0.2, 0) is 13.0 Å². The van der Waals surface area contributed by atoms with Crippen molar-refractivity contribution < 1.29 is 9.90 Å². The normalized spacial score (nSPS) is 11.0. The Balaban J connectivity index is 1.67. The van der Waals surface area contributed by atoms with Crippen LogP contribution in [0.15, 0.2) is 42.6 Å². The molecule has 0 aliphatic rings. The highest BCUT2D eigenvalue weighted by Crippen LogP contribution is 2.22. The molecule has 0 spiro atoms. The van der Waals surface area contributed by atoms with Crippen LogP contribution in [0, 0.1) is 6.92 Å². The van der Waals surface area contributed by atoms with Crippen molar-refractivity contribution in [2.24, 2.45) is 0 Å². The lowest BCUT2D eigenvalue weighted by atomic mass is 10.0. The second kappa shape index (κ2) is 7.07. The quantitative estimate of drug-likeness (QED) is 0.663. The van der Waals surface area contributed by atoms with E-state index in [0.29, 0.717) is 29.1 Å². The summed E-state index contributed by atoms with van der Waals surface area (Å²) in [5.41, 5.74) is 4.32. The molecule has 3 rings (SSSR count). The topological polar surface area (TPSA) is 65.1 Å². The van der Waals surface area contributed by atoms with E-state index in [-0.39, 0.29) is 12.5 Å². The van der Waals surface area contributed by atoms with Gasteiger partial charge in [0.15, 0.2) is 0 Å². The van der Waals surface area contributed by atoms with Crippen LogP contribution in [0.1, 0.15) is 27.0 Å². The van der Waals surface area contributed by atoms with Gasteiger partial charge in [-0.25, -0.2) is 0 Å². The number of aliphatic hydroxyl groups excluding tert-OH is 1. The molecule has 0 aliphatic heterocycles. The Hall–Kier alpha value is -2.30. The molecule has 1 amide bonds. The van der Waals surface area contributed by atoms with Gasteiger partial charge in [0.2, 0.25) is 0 Å². The molecular weight excluding hydrogens is 324 g/mol. The lowest BCUT2D eigenvalue weighted by molar-refractivity contribution is 0.0951. The maximum Gasteiger partial charge on any atom is 0.251 e. The first-order chi connectivity index (χ1) is 11.6. The number of aryl methyl sites for hydroxylation is 1. The van der Waals surface area contributed by atoms with Gasteiger partial charge in [-0.3, -0.25) is 4.79 Å². The number of carbonyl (C=O) groups is 1. The van der Waals surface area contributed by atoms with Crippen LogP contribution in [0.3, 0.4) is 0 Å². The minimum Gasteiger partial charge on any atom is -0.392 e. The predicted molar refractivity (Wildman–Crippen MR) is 96.4 cm³/mol. The average Bonchev–Trinajstić information content (AvgIpc) is 2.96. The number of fused-ring (bicyclic) bond motifs is 1. The third-order valence-corrected chi connectivity index (χ3v) is 4.32. The van der Waals surface area contributed by atoms with E-state index in [0.717, 1.165) is 22.0 Å². The van der Waals surface area contributed by atoms with Gasteiger partial charge in [0.25, 0.3) is 5.91 Å². The summed E-state index contributed by atoms with van der Waals surface area (Å²) >= 11 is 6.05. The Morgan fingerprint density at radius 1 is 1.21 bits per heavy atom. The lowest BCUT2D eigenvalue weighted by Crippen LogP contribution is -2.26. The molecule has 1 aromatic heterocycles. The van der Waals surface area contributed by atoms with Gasteiger partial charge in [-0.05, 0) is 48.7 Å². The summed E-state index contributed by atoms with van der Waals surface area (Å²) in [7, 11) is 0. The zero-order chi connectivity index (χ0) is 17.1. The number of nitrogens with one attached hydrogen (secondary N) is 2. The Bertz CT molecular complexity index is 886. The second-order valence-corrected chi connectivity index (χ2v) is 6.26. The Kier molecular flexibility index (Phi) is 4.88. The lowest BCUT2D eigenvalue weighted by Gasteiger charge is -2.09. The summed E-state index contributed by atoms with van der Waals surface area (Å²) in [6.45, 7) is 2.30. The zero-order valence-corrected chi connectivity index (χ0v) is 14.2. The zero-order valence-electron chi connectivity index (χ0n) is 13.4. The first-order valence-corrected chi connectivity index (χ1v) is 8.20. The van der Waals surface area contributed by atoms with Crippen molar-refractivity contribution in [3.05, 3.63) is 69.9 Å². The van der Waals surface area contributed by atoms with Gasteiger partial charge in [0.1, 0.15) is 0 Å². The largest absolute Gasteiger partial charge is 0.392 e. The summed E-state index contributed by atoms with van der Waals surface area (Å²) in [6.07, 6.45) is 2.64. The maximum atomic E-state index is 12.3. The highest BCUT2D eigenvalue weighted by molar-refractivity contribution is 6.31. The predicted octanol–water partition coefficient (Wildman–Crippen LogP) is 3.59. The molecule has 3 aromatic rings. The molecule has 0 aliphatic carbocycles. The van der Waals surface area contributed by atoms with E-state index >= 15 is 0 Å². The van der Waals surface area contributed by atoms with Gasteiger partial charge in [-0.15, -0.1) is 0 Å². The third-order valence-electron chi connectivity index (χ3n) is 4.09. The molecule has 0 radical (unpaired) electrons. The van der Waals surface area contributed by atoms with Crippen LogP contribution >= 0.6 is 11.6 Å². The van der Waals surface area contributed by atoms with Gasteiger partial charge in [0, 0.05) is 34.2 Å². The number of amides is 1. The van der Waals surface area contributed by atoms with E-state index in [1.54, 1.807) is 6.07 Å². The summed E-state index contributed by atoms with van der Waals surface area (Å²) in [6, 6.07) is 11.2. The molecule has 0 saturated carbocycles. The standard InChI is InChI=1S/C19H19ClN2O2/c1-12-2-4-16(14(8-12)11-23)19(24)21-7-6-13-10-22-18-5-3-15(20)9-17(13)18/h2-5,8-10,22-23H,6-7,11H2,1H3,(H,21,24). The summed E-state index contributed by atoms with van der Waals surface area (Å²) in [5, 5.41) is 14.1. The van der Waals surface area contributed by atoms with E-state index < -0.39 is 0 Å². The second-order valence-electron chi connectivity index (χ2n) is 5.83. The average molecular weight is 343 g/mol. The first kappa shape index (κ1) is 16.6. The number of hydrogen-bond acceptors (Lipinski definition) is 2. The molecule has 2 aromatic carbocycles. The molecule has 4 nitrogen and oxygen atoms in total. The molecule has 0 atom stereocenters. The number of carbonyl (C=O) groups excluding carboxylic acids is 1. The molecule has 5 heteroatoms. The molecule has 0 bridgehead atoms. The van der Waals surface area contributed by atoms with E-state index in [1.807, 2.05) is 43.5 Å². The monoisotopic (exact) mass is 342 g/mol. The van der Waals surface area contributed by atoms with Crippen LogP contribution in [0.25, 0.3) is 10.9 Å². The smallest absolute Gasteiger partial charge is 0.251 e. The van der Waals surface area contributed by atoms with E-state index in [4.69, 9.17) is 11.6 Å². The van der Waals surface area contributed by atoms with E-state index in [1.165, 1.54) is 0 Å². The SMILES string of the molecule is Cc1ccc(C(=O)NCCc2c[nH]c3ccc(Cl)cc23)c(CO)c1. The van der Waals surface area contributed by atoms with Crippen LogP contribution in [0.2, 0.25) is 5.02 Å². The molecule has 1 heterocycles. The summed E-state index contributed by atoms with van der Waals surface area (Å²) < 4.78 is 0. The highest BCUT2D eigenvalue weighted by Gasteiger charge is 2.11. The number of aromatic amines is 1. The highest BCUT2D eigenvalue weighted by atomic mass is 35.5. The van der Waals surface area contributed by atoms with Crippen LogP contribution < -0.4 is 5.32 Å². The number of aromatic nitrogens is 1. The molecule has 0 unspecified atom stereocenters. The number of hydrogen-bond donors (Lipinski definition) is 3. The summed E-state index contributed by atoms with van der Waals surface area (Å²) in [4.78, 5) is 15.5. The van der Waals surface area contributed by atoms with Crippen molar-refractivity contribution in [2.45, 2.75) is 20.0 Å². The fourth-order valence-electron chi connectivity index (χ4n) is 2.84. The van der Waals surface area contributed by atoms with Gasteiger partial charge < -0.3 is 15.4 Å². The van der Waals surface area contributed by atoms with Crippen LogP contribution in [0.4, 0.5) is 0 Å². The van der Waals surface area contributed by atoms with Gasteiger partial charge >= 0.3 is 0 Å². The molecule has 3 N–H and O–H groups in total. The molecule has 24 heavy (non-hydrogen) atoms.